The van der Waals surface area contributed by atoms with Gasteiger partial charge in [-0.3, -0.25) is 5.10 Å². The first kappa shape index (κ1) is 19.5. The van der Waals surface area contributed by atoms with Crippen LogP contribution in [0.15, 0.2) is 42.5 Å². The number of methoxy groups -OCH3 is 2. The van der Waals surface area contributed by atoms with E-state index in [2.05, 4.69) is 15.2 Å². The number of nitrogens with one attached hydrogen (secondary N) is 1. The first-order chi connectivity index (χ1) is 13.6. The smallest absolute Gasteiger partial charge is 0.172 e. The molecule has 0 saturated heterocycles. The molecule has 0 unspecified atom stereocenters. The molecule has 1 atom stereocenters. The Hall–Kier alpha value is -3.26. The van der Waals surface area contributed by atoms with E-state index in [0.29, 0.717) is 35.5 Å². The fourth-order valence-electron chi connectivity index (χ4n) is 2.64. The molecule has 0 bridgehead atoms. The van der Waals surface area contributed by atoms with Crippen molar-refractivity contribution in [3.63, 3.8) is 0 Å². The van der Waals surface area contributed by atoms with Crippen LogP contribution in [0.1, 0.15) is 30.2 Å². The SMILES string of the molecule is CCOc1cc([C@@H](N)c2n[nH]c(COc3ccc(OC)cc3)n2)ccc1OC. The van der Waals surface area contributed by atoms with Crippen LogP contribution in [0.4, 0.5) is 0 Å². The largest absolute Gasteiger partial charge is 0.497 e. The van der Waals surface area contributed by atoms with Crippen LogP contribution in [-0.4, -0.2) is 36.0 Å². The molecule has 8 nitrogen and oxygen atoms in total. The highest BCUT2D eigenvalue weighted by molar-refractivity contribution is 5.44. The van der Waals surface area contributed by atoms with Crippen LogP contribution in [0.25, 0.3) is 0 Å². The Bertz CT molecular complexity index is 895. The lowest BCUT2D eigenvalue weighted by atomic mass is 10.1. The van der Waals surface area contributed by atoms with Crippen molar-refractivity contribution in [2.45, 2.75) is 19.6 Å². The lowest BCUT2D eigenvalue weighted by Crippen LogP contribution is -2.14. The van der Waals surface area contributed by atoms with Crippen molar-refractivity contribution < 1.29 is 18.9 Å². The van der Waals surface area contributed by atoms with E-state index in [-0.39, 0.29) is 6.61 Å². The minimum Gasteiger partial charge on any atom is -0.497 e. The molecule has 3 N–H and O–H groups in total. The number of benzene rings is 2. The van der Waals surface area contributed by atoms with Gasteiger partial charge in [0, 0.05) is 0 Å². The monoisotopic (exact) mass is 384 g/mol. The molecule has 0 spiro atoms. The van der Waals surface area contributed by atoms with Gasteiger partial charge in [0.15, 0.2) is 23.1 Å². The Kier molecular flexibility index (Phi) is 6.33. The third kappa shape index (κ3) is 4.52. The Balaban J connectivity index is 1.67. The van der Waals surface area contributed by atoms with Crippen LogP contribution < -0.4 is 24.7 Å². The van der Waals surface area contributed by atoms with Gasteiger partial charge in [0.05, 0.1) is 26.9 Å². The number of nitrogens with zero attached hydrogens (tertiary/aromatic N) is 2. The van der Waals surface area contributed by atoms with E-state index in [9.17, 15) is 0 Å². The van der Waals surface area contributed by atoms with Crippen LogP contribution in [0, 0.1) is 0 Å². The molecule has 0 saturated carbocycles. The summed E-state index contributed by atoms with van der Waals surface area (Å²) in [6.07, 6.45) is 0. The third-order valence-electron chi connectivity index (χ3n) is 4.11. The molecule has 1 heterocycles. The van der Waals surface area contributed by atoms with Gasteiger partial charge < -0.3 is 24.7 Å². The van der Waals surface area contributed by atoms with Gasteiger partial charge in [0.2, 0.25) is 0 Å². The third-order valence-corrected chi connectivity index (χ3v) is 4.11. The molecule has 0 aliphatic heterocycles. The molecule has 28 heavy (non-hydrogen) atoms. The van der Waals surface area contributed by atoms with E-state index in [1.807, 2.05) is 49.4 Å². The van der Waals surface area contributed by atoms with E-state index in [0.717, 1.165) is 11.3 Å². The van der Waals surface area contributed by atoms with Crippen LogP contribution in [-0.2, 0) is 6.61 Å². The van der Waals surface area contributed by atoms with Gasteiger partial charge in [0.25, 0.3) is 0 Å². The summed E-state index contributed by atoms with van der Waals surface area (Å²) in [4.78, 5) is 4.44. The van der Waals surface area contributed by atoms with Crippen LogP contribution >= 0.6 is 0 Å². The van der Waals surface area contributed by atoms with E-state index in [1.54, 1.807) is 14.2 Å². The summed E-state index contributed by atoms with van der Waals surface area (Å²) in [7, 11) is 3.22. The highest BCUT2D eigenvalue weighted by Gasteiger charge is 2.17. The molecule has 3 rings (SSSR count). The Morgan fingerprint density at radius 1 is 0.964 bits per heavy atom. The zero-order chi connectivity index (χ0) is 19.9. The summed E-state index contributed by atoms with van der Waals surface area (Å²) < 4.78 is 21.7. The standard InChI is InChI=1S/C20H24N4O4/c1-4-27-17-11-13(5-10-16(17)26-3)19(21)20-22-18(23-24-20)12-28-15-8-6-14(25-2)7-9-15/h5-11,19H,4,12,21H2,1-3H3,(H,22,23,24)/t19-/m1/s1. The zero-order valence-electron chi connectivity index (χ0n) is 16.1. The molecule has 0 fully saturated rings. The van der Waals surface area contributed by atoms with Crippen molar-refractivity contribution in [1.82, 2.24) is 15.2 Å². The average molecular weight is 384 g/mol. The van der Waals surface area contributed by atoms with Crippen molar-refractivity contribution in [2.75, 3.05) is 20.8 Å². The minimum absolute atomic E-state index is 0.249. The van der Waals surface area contributed by atoms with Gasteiger partial charge in [-0.1, -0.05) is 6.07 Å². The number of rotatable bonds is 9. The summed E-state index contributed by atoms with van der Waals surface area (Å²) in [6, 6.07) is 12.3. The maximum absolute atomic E-state index is 6.33. The van der Waals surface area contributed by atoms with Crippen LogP contribution in [0.2, 0.25) is 0 Å². The van der Waals surface area contributed by atoms with E-state index < -0.39 is 6.04 Å². The second-order valence-electron chi connectivity index (χ2n) is 5.93. The fourth-order valence-corrected chi connectivity index (χ4v) is 2.64. The van der Waals surface area contributed by atoms with Crippen molar-refractivity contribution in [3.05, 3.63) is 59.7 Å². The summed E-state index contributed by atoms with van der Waals surface area (Å²) in [5.41, 5.74) is 7.15. The van der Waals surface area contributed by atoms with Gasteiger partial charge in [-0.05, 0) is 48.9 Å². The first-order valence-corrected chi connectivity index (χ1v) is 8.89. The fraction of sp³-hybridized carbons (Fsp3) is 0.300. The van der Waals surface area contributed by atoms with Crippen molar-refractivity contribution >= 4 is 0 Å². The lowest BCUT2D eigenvalue weighted by molar-refractivity contribution is 0.295. The number of aromatic amines is 1. The van der Waals surface area contributed by atoms with Gasteiger partial charge in [-0.2, -0.15) is 5.10 Å². The van der Waals surface area contributed by atoms with Crippen LogP contribution in [0.3, 0.4) is 0 Å². The normalized spacial score (nSPS) is 11.7. The zero-order valence-corrected chi connectivity index (χ0v) is 16.1. The maximum atomic E-state index is 6.33. The molecule has 2 aromatic carbocycles. The summed E-state index contributed by atoms with van der Waals surface area (Å²) in [5.74, 6) is 3.82. The lowest BCUT2D eigenvalue weighted by Gasteiger charge is -2.13. The summed E-state index contributed by atoms with van der Waals surface area (Å²) in [5, 5.41) is 7.08. The molecule has 0 radical (unpaired) electrons. The Morgan fingerprint density at radius 2 is 1.71 bits per heavy atom. The number of hydrogen-bond donors (Lipinski definition) is 2. The molecule has 8 heteroatoms. The highest BCUT2D eigenvalue weighted by atomic mass is 16.5. The van der Waals surface area contributed by atoms with Crippen molar-refractivity contribution in [2.24, 2.45) is 5.73 Å². The highest BCUT2D eigenvalue weighted by Crippen LogP contribution is 2.31. The molecule has 0 aliphatic carbocycles. The van der Waals surface area contributed by atoms with E-state index >= 15 is 0 Å². The van der Waals surface area contributed by atoms with Gasteiger partial charge >= 0.3 is 0 Å². The predicted octanol–water partition coefficient (Wildman–Crippen LogP) is 2.85. The van der Waals surface area contributed by atoms with Gasteiger partial charge in [-0.15, -0.1) is 0 Å². The Labute approximate surface area is 163 Å². The Morgan fingerprint density at radius 3 is 2.39 bits per heavy atom. The molecule has 3 aromatic rings. The second kappa shape index (κ2) is 9.09. The topological polar surface area (TPSA) is 105 Å². The van der Waals surface area contributed by atoms with Crippen molar-refractivity contribution in [3.8, 4) is 23.0 Å². The maximum Gasteiger partial charge on any atom is 0.172 e. The molecular formula is C20H24N4O4. The molecule has 0 amide bonds. The summed E-state index contributed by atoms with van der Waals surface area (Å²) >= 11 is 0. The molecule has 0 aliphatic rings. The number of ether oxygens (including phenoxy) is 4. The van der Waals surface area contributed by atoms with Gasteiger partial charge in [-0.25, -0.2) is 4.98 Å². The van der Waals surface area contributed by atoms with Gasteiger partial charge in [0.1, 0.15) is 18.1 Å². The summed E-state index contributed by atoms with van der Waals surface area (Å²) in [6.45, 7) is 2.69. The van der Waals surface area contributed by atoms with E-state index in [4.69, 9.17) is 24.7 Å². The quantitative estimate of drug-likeness (QED) is 0.584. The number of aromatic nitrogens is 3. The van der Waals surface area contributed by atoms with E-state index in [1.165, 1.54) is 0 Å². The average Bonchev–Trinajstić information content (AvgIpc) is 3.21. The number of H-pyrrole nitrogens is 1. The minimum atomic E-state index is -0.504. The second-order valence-corrected chi connectivity index (χ2v) is 5.93. The number of hydrogen-bond acceptors (Lipinski definition) is 7. The molecular weight excluding hydrogens is 360 g/mol. The van der Waals surface area contributed by atoms with Crippen molar-refractivity contribution in [1.29, 1.82) is 0 Å². The van der Waals surface area contributed by atoms with Crippen LogP contribution in [0.5, 0.6) is 23.0 Å². The predicted molar refractivity (Wildman–Crippen MR) is 104 cm³/mol. The molecule has 1 aromatic heterocycles. The first-order valence-electron chi connectivity index (χ1n) is 8.89. The number of nitrogens with two attached hydrogens (primary N) is 1. The molecule has 148 valence electrons.